The van der Waals surface area contributed by atoms with Crippen molar-refractivity contribution in [1.29, 1.82) is 5.26 Å². The summed E-state index contributed by atoms with van der Waals surface area (Å²) in [5, 5.41) is 12.2. The van der Waals surface area contributed by atoms with E-state index in [2.05, 4.69) is 26.3 Å². The van der Waals surface area contributed by atoms with E-state index in [0.717, 1.165) is 19.0 Å². The summed E-state index contributed by atoms with van der Waals surface area (Å²) in [5.74, 6) is 0.458. The van der Waals surface area contributed by atoms with Gasteiger partial charge in [-0.05, 0) is 31.6 Å². The van der Waals surface area contributed by atoms with E-state index in [9.17, 15) is 17.4 Å². The zero-order valence-corrected chi connectivity index (χ0v) is 18.4. The van der Waals surface area contributed by atoms with Crippen molar-refractivity contribution >= 4 is 16.9 Å². The summed E-state index contributed by atoms with van der Waals surface area (Å²) in [5.41, 5.74) is -1.14. The van der Waals surface area contributed by atoms with E-state index >= 15 is 0 Å². The molecule has 8 nitrogen and oxygen atoms in total. The van der Waals surface area contributed by atoms with Gasteiger partial charge in [0.1, 0.15) is 17.0 Å². The third-order valence-corrected chi connectivity index (χ3v) is 7.03. The molecule has 1 aliphatic carbocycles. The molecule has 2 fully saturated rings. The van der Waals surface area contributed by atoms with Crippen molar-refractivity contribution < 1.29 is 17.4 Å². The highest BCUT2D eigenvalue weighted by molar-refractivity contribution is 7.81. The maximum absolute atomic E-state index is 13.7. The maximum atomic E-state index is 13.7. The molecular formula is C20H24F3N7OS. The van der Waals surface area contributed by atoms with Gasteiger partial charge in [-0.15, -0.1) is 0 Å². The van der Waals surface area contributed by atoms with Gasteiger partial charge >= 0.3 is 6.18 Å². The highest BCUT2D eigenvalue weighted by atomic mass is 32.2. The first-order valence-electron chi connectivity index (χ1n) is 10.5. The molecule has 32 heavy (non-hydrogen) atoms. The van der Waals surface area contributed by atoms with Crippen molar-refractivity contribution in [2.45, 2.75) is 50.4 Å². The number of hydrogen-bond donors (Lipinski definition) is 1. The second kappa shape index (κ2) is 9.15. The van der Waals surface area contributed by atoms with E-state index in [1.807, 2.05) is 4.31 Å². The van der Waals surface area contributed by atoms with Crippen LogP contribution in [0, 0.1) is 17.2 Å². The fourth-order valence-electron chi connectivity index (χ4n) is 4.02. The van der Waals surface area contributed by atoms with Gasteiger partial charge in [-0.2, -0.15) is 18.4 Å². The number of rotatable bonds is 7. The Hall–Kier alpha value is -2.52. The summed E-state index contributed by atoms with van der Waals surface area (Å²) in [7, 11) is -1.04. The van der Waals surface area contributed by atoms with E-state index in [1.54, 1.807) is 10.8 Å². The summed E-state index contributed by atoms with van der Waals surface area (Å²) in [6.45, 7) is 1.25. The van der Waals surface area contributed by atoms with Crippen molar-refractivity contribution in [2.24, 2.45) is 5.92 Å². The molecule has 4 rings (SSSR count). The van der Waals surface area contributed by atoms with Crippen LogP contribution in [0.3, 0.4) is 0 Å². The number of nitriles is 1. The largest absolute Gasteiger partial charge is 0.420 e. The molecule has 2 atom stereocenters. The van der Waals surface area contributed by atoms with Crippen molar-refractivity contribution in [1.82, 2.24) is 23.8 Å². The van der Waals surface area contributed by atoms with Crippen LogP contribution in [0.2, 0.25) is 0 Å². The zero-order valence-electron chi connectivity index (χ0n) is 17.5. The van der Waals surface area contributed by atoms with Crippen LogP contribution >= 0.6 is 0 Å². The van der Waals surface area contributed by atoms with E-state index in [1.165, 1.54) is 12.5 Å². The summed E-state index contributed by atoms with van der Waals surface area (Å²) in [6.07, 6.45) is 4.45. The zero-order chi connectivity index (χ0) is 22.9. The minimum absolute atomic E-state index is 0.0215. The Bertz CT molecular complexity index is 1020. The third-order valence-electron chi connectivity index (χ3n) is 5.94. The Labute approximate surface area is 186 Å². The molecule has 0 spiro atoms. The van der Waals surface area contributed by atoms with Crippen LogP contribution in [0.15, 0.2) is 18.7 Å². The maximum Gasteiger partial charge on any atom is 0.420 e. The van der Waals surface area contributed by atoms with Gasteiger partial charge in [0.2, 0.25) is 5.95 Å². The lowest BCUT2D eigenvalue weighted by Crippen LogP contribution is -2.39. The molecule has 0 aromatic carbocycles. The van der Waals surface area contributed by atoms with E-state index in [4.69, 9.17) is 5.26 Å². The van der Waals surface area contributed by atoms with Gasteiger partial charge in [0.05, 0.1) is 35.8 Å². The van der Waals surface area contributed by atoms with Gasteiger partial charge in [-0.25, -0.2) is 23.5 Å². The quantitative estimate of drug-likeness (QED) is 0.670. The lowest BCUT2D eigenvalue weighted by atomic mass is 10.1. The normalized spacial score (nSPS) is 20.0. The molecule has 172 valence electrons. The first-order valence-corrected chi connectivity index (χ1v) is 12.0. The first-order chi connectivity index (χ1) is 15.3. The molecule has 0 bridgehead atoms. The molecule has 0 radical (unpaired) electrons. The first kappa shape index (κ1) is 22.7. The standard InChI is InChI=1S/C20H24F3N7OS/c1-32(31)30-8-5-14(6-9-30)27-19-25-10-15(20(21,22)23)18(28-19)16-11-29(12-26-16)17(4-7-24)13-2-3-13/h10-14,17H,2-6,8-9H2,1H3,(H,25,27,28). The summed E-state index contributed by atoms with van der Waals surface area (Å²) in [4.78, 5) is 12.3. The molecule has 3 heterocycles. The Kier molecular flexibility index (Phi) is 6.48. The van der Waals surface area contributed by atoms with Crippen LogP contribution in [-0.4, -0.2) is 53.4 Å². The molecule has 12 heteroatoms. The second-order valence-corrected chi connectivity index (χ2v) is 9.56. The highest BCUT2D eigenvalue weighted by Crippen LogP contribution is 2.42. The average molecular weight is 468 g/mol. The Morgan fingerprint density at radius 2 is 2.00 bits per heavy atom. The molecule has 1 aliphatic heterocycles. The Balaban J connectivity index is 1.58. The van der Waals surface area contributed by atoms with Crippen LogP contribution in [0.5, 0.6) is 0 Å². The Morgan fingerprint density at radius 3 is 2.59 bits per heavy atom. The van der Waals surface area contributed by atoms with Crippen molar-refractivity contribution in [3.63, 3.8) is 0 Å². The second-order valence-electron chi connectivity index (χ2n) is 8.20. The van der Waals surface area contributed by atoms with Crippen molar-refractivity contribution in [2.75, 3.05) is 24.7 Å². The number of nitrogens with one attached hydrogen (secondary N) is 1. The van der Waals surface area contributed by atoms with E-state index in [0.29, 0.717) is 31.8 Å². The number of imidazole rings is 1. The summed E-state index contributed by atoms with van der Waals surface area (Å²) in [6, 6.07) is 2.04. The van der Waals surface area contributed by atoms with Crippen LogP contribution in [0.1, 0.15) is 43.7 Å². The molecule has 0 amide bonds. The molecule has 2 unspecified atom stereocenters. The molecule has 1 N–H and O–H groups in total. The number of anilines is 1. The van der Waals surface area contributed by atoms with E-state index in [-0.39, 0.29) is 35.8 Å². The fraction of sp³-hybridized carbons (Fsp3) is 0.600. The van der Waals surface area contributed by atoms with Gasteiger partial charge in [-0.1, -0.05) is 0 Å². The average Bonchev–Trinajstić information content (AvgIpc) is 3.47. The SMILES string of the molecule is CS(=O)N1CCC(Nc2ncc(C(F)(F)F)c(-c3cn(C(CC#N)C4CC4)cn3)n2)CC1. The lowest BCUT2D eigenvalue weighted by Gasteiger charge is -2.30. The minimum Gasteiger partial charge on any atom is -0.351 e. The number of piperidine rings is 1. The van der Waals surface area contributed by atoms with Gasteiger partial charge in [0, 0.05) is 37.8 Å². The molecule has 1 saturated heterocycles. The predicted molar refractivity (Wildman–Crippen MR) is 113 cm³/mol. The monoisotopic (exact) mass is 467 g/mol. The van der Waals surface area contributed by atoms with Crippen LogP contribution in [0.25, 0.3) is 11.4 Å². The molecule has 2 aromatic rings. The summed E-state index contributed by atoms with van der Waals surface area (Å²) >= 11 is 0. The van der Waals surface area contributed by atoms with Crippen LogP contribution in [0.4, 0.5) is 19.1 Å². The predicted octanol–water partition coefficient (Wildman–Crippen LogP) is 3.39. The van der Waals surface area contributed by atoms with Crippen LogP contribution < -0.4 is 5.32 Å². The van der Waals surface area contributed by atoms with Crippen molar-refractivity contribution in [3.8, 4) is 17.5 Å². The Morgan fingerprint density at radius 1 is 1.28 bits per heavy atom. The number of nitrogens with zero attached hydrogens (tertiary/aromatic N) is 6. The number of alkyl halides is 3. The third kappa shape index (κ3) is 5.10. The summed E-state index contributed by atoms with van der Waals surface area (Å²) < 4.78 is 56.1. The van der Waals surface area contributed by atoms with Crippen LogP contribution in [-0.2, 0) is 17.2 Å². The van der Waals surface area contributed by atoms with Gasteiger partial charge < -0.3 is 9.88 Å². The smallest absolute Gasteiger partial charge is 0.351 e. The number of aromatic nitrogens is 4. The number of halogens is 3. The van der Waals surface area contributed by atoms with Gasteiger partial charge in [0.15, 0.2) is 0 Å². The highest BCUT2D eigenvalue weighted by Gasteiger charge is 2.37. The van der Waals surface area contributed by atoms with Gasteiger partial charge in [-0.3, -0.25) is 0 Å². The molecule has 2 aliphatic rings. The molecular weight excluding hydrogens is 443 g/mol. The fourth-order valence-corrected chi connectivity index (χ4v) is 4.75. The lowest BCUT2D eigenvalue weighted by molar-refractivity contribution is -0.137. The molecule has 1 saturated carbocycles. The molecule has 2 aromatic heterocycles. The van der Waals surface area contributed by atoms with E-state index < -0.39 is 22.7 Å². The van der Waals surface area contributed by atoms with Crippen molar-refractivity contribution in [3.05, 3.63) is 24.3 Å². The van der Waals surface area contributed by atoms with Gasteiger partial charge in [0.25, 0.3) is 0 Å². The minimum atomic E-state index is -4.63. The number of hydrogen-bond acceptors (Lipinski definition) is 6. The topological polar surface area (TPSA) is 99.7 Å².